The van der Waals surface area contributed by atoms with E-state index >= 15 is 0 Å². The van der Waals surface area contributed by atoms with Gasteiger partial charge in [-0.3, -0.25) is 14.4 Å². The van der Waals surface area contributed by atoms with Crippen molar-refractivity contribution in [2.45, 2.75) is 48.6 Å². The van der Waals surface area contributed by atoms with Crippen molar-refractivity contribution in [3.05, 3.63) is 59.2 Å². The SMILES string of the molecule is CSc1ccc2c(c1)CN(C(C)=O)C2C(=O)Nc1ccc(C(CC(=O)O)(C(F)(F)F)C(F)(F)F)cc1. The summed E-state index contributed by atoms with van der Waals surface area (Å²) in [5, 5.41) is 11.2. The number of nitrogens with one attached hydrogen (secondary N) is 1. The number of hydrogen-bond donors (Lipinski definition) is 2. The second kappa shape index (κ2) is 9.68. The molecule has 1 aliphatic rings. The third-order valence-corrected chi connectivity index (χ3v) is 6.70. The van der Waals surface area contributed by atoms with Gasteiger partial charge in [0.2, 0.25) is 5.91 Å². The minimum absolute atomic E-state index is 0.130. The van der Waals surface area contributed by atoms with Gasteiger partial charge in [-0.2, -0.15) is 26.3 Å². The quantitative estimate of drug-likeness (QED) is 0.389. The second-order valence-corrected chi connectivity index (χ2v) is 9.03. The zero-order valence-electron chi connectivity index (χ0n) is 18.8. The molecule has 1 unspecified atom stereocenters. The summed E-state index contributed by atoms with van der Waals surface area (Å²) in [6.45, 7) is 1.43. The first-order valence-electron chi connectivity index (χ1n) is 10.3. The number of nitrogens with zero attached hydrogens (tertiary/aromatic N) is 1. The molecule has 2 aromatic carbocycles. The number of anilines is 1. The van der Waals surface area contributed by atoms with Gasteiger partial charge in [-0.25, -0.2) is 0 Å². The van der Waals surface area contributed by atoms with Crippen LogP contribution in [0.1, 0.15) is 36.1 Å². The first-order chi connectivity index (χ1) is 16.6. The van der Waals surface area contributed by atoms with Crippen LogP contribution >= 0.6 is 11.8 Å². The third-order valence-electron chi connectivity index (χ3n) is 5.98. The molecular weight excluding hydrogens is 514 g/mol. The molecule has 0 fully saturated rings. The predicted molar refractivity (Wildman–Crippen MR) is 118 cm³/mol. The van der Waals surface area contributed by atoms with Crippen LogP contribution in [-0.2, 0) is 26.3 Å². The fraction of sp³-hybridized carbons (Fsp3) is 0.348. The molecule has 3 rings (SSSR count). The van der Waals surface area contributed by atoms with E-state index in [1.54, 1.807) is 12.1 Å². The number of carbonyl (C=O) groups excluding carboxylic acids is 2. The van der Waals surface area contributed by atoms with Gasteiger partial charge in [0.15, 0.2) is 5.41 Å². The predicted octanol–water partition coefficient (Wildman–Crippen LogP) is 5.29. The summed E-state index contributed by atoms with van der Waals surface area (Å²) in [5.74, 6) is -3.39. The maximum Gasteiger partial charge on any atom is 0.407 e. The smallest absolute Gasteiger partial charge is 0.407 e. The monoisotopic (exact) mass is 534 g/mol. The lowest BCUT2D eigenvalue weighted by Gasteiger charge is -2.36. The van der Waals surface area contributed by atoms with Crippen molar-refractivity contribution in [3.63, 3.8) is 0 Å². The van der Waals surface area contributed by atoms with Crippen LogP contribution in [0.25, 0.3) is 0 Å². The highest BCUT2D eigenvalue weighted by atomic mass is 32.2. The van der Waals surface area contributed by atoms with Crippen molar-refractivity contribution < 1.29 is 45.8 Å². The third kappa shape index (κ3) is 4.88. The number of hydrogen-bond acceptors (Lipinski definition) is 4. The summed E-state index contributed by atoms with van der Waals surface area (Å²) < 4.78 is 81.9. The molecule has 0 aromatic heterocycles. The molecule has 0 saturated heterocycles. The number of aliphatic carboxylic acids is 1. The lowest BCUT2D eigenvalue weighted by Crippen LogP contribution is -2.55. The molecule has 2 amide bonds. The van der Waals surface area contributed by atoms with E-state index in [0.29, 0.717) is 17.7 Å². The van der Waals surface area contributed by atoms with Crippen LogP contribution in [0.4, 0.5) is 32.0 Å². The van der Waals surface area contributed by atoms with Gasteiger partial charge in [0, 0.05) is 24.1 Å². The topological polar surface area (TPSA) is 86.7 Å². The van der Waals surface area contributed by atoms with E-state index < -0.39 is 53.6 Å². The Bertz CT molecular complexity index is 1170. The highest BCUT2D eigenvalue weighted by Crippen LogP contribution is 2.54. The number of benzene rings is 2. The average Bonchev–Trinajstić information content (AvgIpc) is 3.15. The number of halogens is 6. The van der Waals surface area contributed by atoms with Gasteiger partial charge < -0.3 is 15.3 Å². The van der Waals surface area contributed by atoms with Gasteiger partial charge in [0.25, 0.3) is 5.91 Å². The minimum Gasteiger partial charge on any atom is -0.481 e. The number of carbonyl (C=O) groups is 3. The number of fused-ring (bicyclic) bond motifs is 1. The summed E-state index contributed by atoms with van der Waals surface area (Å²) in [7, 11) is 0. The number of alkyl halides is 6. The highest BCUT2D eigenvalue weighted by molar-refractivity contribution is 7.98. The summed E-state index contributed by atoms with van der Waals surface area (Å²) in [6.07, 6.45) is -12.3. The van der Waals surface area contributed by atoms with E-state index in [0.717, 1.165) is 22.6 Å². The summed E-state index contributed by atoms with van der Waals surface area (Å²) in [6, 6.07) is 6.84. The first kappa shape index (κ1) is 27.4. The standard InChI is InChI=1S/C23H20F6N2O4S/c1-12(32)31-11-13-9-16(36-2)7-8-17(13)19(31)20(35)30-15-5-3-14(4-6-15)21(10-18(33)34,22(24,25)26)23(27,28)29/h3-9,19H,10-11H2,1-2H3,(H,30,35)(H,33,34). The zero-order valence-corrected chi connectivity index (χ0v) is 19.6. The number of thioether (sulfide) groups is 1. The number of carboxylic acid groups (broad SMARTS) is 1. The van der Waals surface area contributed by atoms with Crippen LogP contribution in [0, 0.1) is 0 Å². The van der Waals surface area contributed by atoms with Crippen molar-refractivity contribution in [2.24, 2.45) is 0 Å². The first-order valence-corrected chi connectivity index (χ1v) is 11.6. The fourth-order valence-corrected chi connectivity index (χ4v) is 4.66. The van der Waals surface area contributed by atoms with Gasteiger partial charge in [0.05, 0.1) is 6.42 Å². The maximum absolute atomic E-state index is 13.7. The van der Waals surface area contributed by atoms with Crippen molar-refractivity contribution in [2.75, 3.05) is 11.6 Å². The Morgan fingerprint density at radius 2 is 1.61 bits per heavy atom. The van der Waals surface area contributed by atoms with E-state index in [1.165, 1.54) is 23.6 Å². The summed E-state index contributed by atoms with van der Waals surface area (Å²) in [4.78, 5) is 38.4. The normalized spacial score (nSPS) is 16.0. The van der Waals surface area contributed by atoms with E-state index in [1.807, 2.05) is 12.3 Å². The molecule has 0 saturated carbocycles. The van der Waals surface area contributed by atoms with E-state index in [4.69, 9.17) is 5.11 Å². The molecule has 0 spiro atoms. The van der Waals surface area contributed by atoms with Gasteiger partial charge in [-0.15, -0.1) is 11.8 Å². The maximum atomic E-state index is 13.7. The Kier molecular flexibility index (Phi) is 7.36. The highest BCUT2D eigenvalue weighted by Gasteiger charge is 2.72. The number of rotatable bonds is 6. The molecule has 0 aliphatic carbocycles. The van der Waals surface area contributed by atoms with Crippen molar-refractivity contribution >= 4 is 35.2 Å². The van der Waals surface area contributed by atoms with Crippen LogP contribution in [0.3, 0.4) is 0 Å². The van der Waals surface area contributed by atoms with E-state index in [2.05, 4.69) is 5.32 Å². The zero-order chi connectivity index (χ0) is 27.1. The van der Waals surface area contributed by atoms with Gasteiger partial charge in [0.1, 0.15) is 6.04 Å². The van der Waals surface area contributed by atoms with Crippen LogP contribution in [0.2, 0.25) is 0 Å². The van der Waals surface area contributed by atoms with Crippen LogP contribution in [0.5, 0.6) is 0 Å². The average molecular weight is 534 g/mol. The van der Waals surface area contributed by atoms with Crippen molar-refractivity contribution in [1.82, 2.24) is 4.90 Å². The Morgan fingerprint density at radius 1 is 1.03 bits per heavy atom. The van der Waals surface area contributed by atoms with Crippen molar-refractivity contribution in [1.29, 1.82) is 0 Å². The number of carboxylic acids is 1. The van der Waals surface area contributed by atoms with E-state index in [-0.39, 0.29) is 12.2 Å². The molecule has 1 heterocycles. The molecule has 0 radical (unpaired) electrons. The molecule has 13 heteroatoms. The van der Waals surface area contributed by atoms with Crippen LogP contribution < -0.4 is 5.32 Å². The Labute approximate surface area is 205 Å². The van der Waals surface area contributed by atoms with Crippen LogP contribution in [0.15, 0.2) is 47.4 Å². The fourth-order valence-electron chi connectivity index (χ4n) is 4.20. The van der Waals surface area contributed by atoms with Crippen molar-refractivity contribution in [3.8, 4) is 0 Å². The molecule has 6 nitrogen and oxygen atoms in total. The lowest BCUT2D eigenvalue weighted by molar-refractivity contribution is -0.304. The Balaban J connectivity index is 1.94. The summed E-state index contributed by atoms with van der Waals surface area (Å²) in [5.41, 5.74) is -4.81. The van der Waals surface area contributed by atoms with E-state index in [9.17, 15) is 40.7 Å². The molecule has 2 N–H and O–H groups in total. The molecule has 194 valence electrons. The van der Waals surface area contributed by atoms with Crippen LogP contribution in [-0.4, -0.2) is 46.4 Å². The lowest BCUT2D eigenvalue weighted by atomic mass is 9.76. The Morgan fingerprint density at radius 3 is 2.08 bits per heavy atom. The second-order valence-electron chi connectivity index (χ2n) is 8.15. The van der Waals surface area contributed by atoms with Gasteiger partial charge in [-0.05, 0) is 47.2 Å². The molecular formula is C23H20F6N2O4S. The molecule has 2 aromatic rings. The molecule has 36 heavy (non-hydrogen) atoms. The van der Waals surface area contributed by atoms with Gasteiger partial charge in [-0.1, -0.05) is 18.2 Å². The summed E-state index contributed by atoms with van der Waals surface area (Å²) >= 11 is 1.47. The molecule has 0 bridgehead atoms. The molecule has 1 aliphatic heterocycles. The minimum atomic E-state index is -5.96. The number of amides is 2. The Hall–Kier alpha value is -3.22. The largest absolute Gasteiger partial charge is 0.481 e. The molecule has 1 atom stereocenters. The van der Waals surface area contributed by atoms with Gasteiger partial charge >= 0.3 is 18.3 Å².